The van der Waals surface area contributed by atoms with Gasteiger partial charge in [-0.2, -0.15) is 11.3 Å². The Morgan fingerprint density at radius 1 is 1.44 bits per heavy atom. The molecular formula is C16H19N3O4S2. The number of imidazole rings is 1. The maximum Gasteiger partial charge on any atom is 0.259 e. The first-order valence-electron chi connectivity index (χ1n) is 7.65. The summed E-state index contributed by atoms with van der Waals surface area (Å²) in [6, 6.07) is 5.09. The van der Waals surface area contributed by atoms with Crippen molar-refractivity contribution in [3.63, 3.8) is 0 Å². The Bertz CT molecular complexity index is 878. The number of furan rings is 1. The third-order valence-corrected chi connectivity index (χ3v) is 5.86. The number of aliphatic hydroxyl groups is 1. The number of nitrogens with zero attached hydrogens (tertiary/aromatic N) is 2. The fourth-order valence-corrected chi connectivity index (χ4v) is 4.07. The van der Waals surface area contributed by atoms with Crippen LogP contribution in [0.2, 0.25) is 0 Å². The van der Waals surface area contributed by atoms with Crippen LogP contribution in [-0.4, -0.2) is 29.6 Å². The van der Waals surface area contributed by atoms with Crippen molar-refractivity contribution in [1.29, 1.82) is 0 Å². The summed E-state index contributed by atoms with van der Waals surface area (Å²) in [5.74, 6) is 0.265. The van der Waals surface area contributed by atoms with Crippen molar-refractivity contribution in [2.24, 2.45) is 0 Å². The molecule has 0 amide bonds. The van der Waals surface area contributed by atoms with E-state index in [0.717, 1.165) is 0 Å². The van der Waals surface area contributed by atoms with Crippen LogP contribution in [0.15, 0.2) is 57.2 Å². The van der Waals surface area contributed by atoms with E-state index in [4.69, 9.17) is 4.42 Å². The van der Waals surface area contributed by atoms with Gasteiger partial charge in [-0.3, -0.25) is 0 Å². The van der Waals surface area contributed by atoms with Crippen LogP contribution in [0.5, 0.6) is 0 Å². The molecule has 3 heterocycles. The minimum Gasteiger partial charge on any atom is -0.466 e. The van der Waals surface area contributed by atoms with Crippen LogP contribution in [0.4, 0.5) is 0 Å². The van der Waals surface area contributed by atoms with Crippen molar-refractivity contribution >= 4 is 21.4 Å². The third kappa shape index (κ3) is 3.54. The van der Waals surface area contributed by atoms with Crippen LogP contribution in [0, 0.1) is 0 Å². The summed E-state index contributed by atoms with van der Waals surface area (Å²) in [6.07, 6.45) is 4.37. The Balaban J connectivity index is 1.86. The molecule has 1 atom stereocenters. The zero-order valence-corrected chi connectivity index (χ0v) is 15.4. The Morgan fingerprint density at radius 2 is 2.24 bits per heavy atom. The molecule has 0 aliphatic heterocycles. The average molecular weight is 381 g/mol. The van der Waals surface area contributed by atoms with Crippen molar-refractivity contribution in [3.8, 4) is 0 Å². The number of rotatable bonds is 7. The first-order chi connectivity index (χ1) is 11.8. The van der Waals surface area contributed by atoms with Gasteiger partial charge in [-0.05, 0) is 42.8 Å². The molecule has 9 heteroatoms. The molecule has 7 nitrogen and oxygen atoms in total. The number of hydrogen-bond acceptors (Lipinski definition) is 6. The van der Waals surface area contributed by atoms with Gasteiger partial charge in [-0.25, -0.2) is 18.1 Å². The van der Waals surface area contributed by atoms with E-state index in [-0.39, 0.29) is 23.4 Å². The topological polar surface area (TPSA) is 97.4 Å². The molecule has 0 aliphatic rings. The second-order valence-electron chi connectivity index (χ2n) is 5.93. The minimum atomic E-state index is -3.87. The lowest BCUT2D eigenvalue weighted by molar-refractivity contribution is 0.0623. The zero-order valence-electron chi connectivity index (χ0n) is 13.8. The van der Waals surface area contributed by atoms with Gasteiger partial charge in [0.1, 0.15) is 5.76 Å². The molecule has 3 aromatic heterocycles. The minimum absolute atomic E-state index is 0.0895. The second kappa shape index (κ2) is 6.75. The lowest BCUT2D eigenvalue weighted by atomic mass is 9.94. The number of thiophene rings is 1. The fourth-order valence-electron chi connectivity index (χ4n) is 2.36. The highest BCUT2D eigenvalue weighted by Gasteiger charge is 2.36. The van der Waals surface area contributed by atoms with Gasteiger partial charge in [0.15, 0.2) is 10.6 Å². The largest absolute Gasteiger partial charge is 0.466 e. The van der Waals surface area contributed by atoms with Crippen LogP contribution in [0.3, 0.4) is 0 Å². The molecule has 0 aromatic carbocycles. The van der Waals surface area contributed by atoms with Crippen LogP contribution < -0.4 is 4.72 Å². The van der Waals surface area contributed by atoms with E-state index in [2.05, 4.69) is 9.71 Å². The van der Waals surface area contributed by atoms with E-state index in [1.54, 1.807) is 28.1 Å². The SMILES string of the molecule is CC(C)n1cnc(S(=O)(=O)NCC(O)(c2ccsc2)c2ccco2)c1. The van der Waals surface area contributed by atoms with Crippen LogP contribution in [0.1, 0.15) is 31.2 Å². The highest BCUT2D eigenvalue weighted by molar-refractivity contribution is 7.89. The lowest BCUT2D eigenvalue weighted by Crippen LogP contribution is -2.41. The van der Waals surface area contributed by atoms with Crippen molar-refractivity contribution in [1.82, 2.24) is 14.3 Å². The average Bonchev–Trinajstić information content (AvgIpc) is 3.35. The highest BCUT2D eigenvalue weighted by Crippen LogP contribution is 2.31. The van der Waals surface area contributed by atoms with E-state index in [1.807, 2.05) is 19.2 Å². The molecule has 0 saturated heterocycles. The van der Waals surface area contributed by atoms with Crippen molar-refractivity contribution < 1.29 is 17.9 Å². The van der Waals surface area contributed by atoms with Crippen LogP contribution in [0.25, 0.3) is 0 Å². The maximum absolute atomic E-state index is 12.5. The summed E-state index contributed by atoms with van der Waals surface area (Å²) in [6.45, 7) is 3.59. The van der Waals surface area contributed by atoms with Gasteiger partial charge in [0.2, 0.25) is 0 Å². The third-order valence-electron chi connectivity index (χ3n) is 3.89. The molecule has 3 rings (SSSR count). The first-order valence-corrected chi connectivity index (χ1v) is 10.1. The Hall–Kier alpha value is -1.94. The molecule has 0 radical (unpaired) electrons. The van der Waals surface area contributed by atoms with Gasteiger partial charge >= 0.3 is 0 Å². The predicted molar refractivity (Wildman–Crippen MR) is 93.8 cm³/mol. The van der Waals surface area contributed by atoms with Gasteiger partial charge < -0.3 is 14.1 Å². The molecule has 0 bridgehead atoms. The number of sulfonamides is 1. The van der Waals surface area contributed by atoms with Gasteiger partial charge in [-0.15, -0.1) is 0 Å². The summed E-state index contributed by atoms with van der Waals surface area (Å²) < 4.78 is 34.5. The zero-order chi connectivity index (χ0) is 18.1. The number of hydrogen-bond donors (Lipinski definition) is 2. The molecule has 134 valence electrons. The predicted octanol–water partition coefficient (Wildman–Crippen LogP) is 2.33. The summed E-state index contributed by atoms with van der Waals surface area (Å²) in [5.41, 5.74) is -1.04. The van der Waals surface area contributed by atoms with Crippen molar-refractivity contribution in [2.75, 3.05) is 6.54 Å². The van der Waals surface area contributed by atoms with E-state index in [1.165, 1.54) is 30.1 Å². The maximum atomic E-state index is 12.5. The van der Waals surface area contributed by atoms with E-state index in [0.29, 0.717) is 5.56 Å². The fraction of sp³-hybridized carbons (Fsp3) is 0.312. The van der Waals surface area contributed by atoms with E-state index in [9.17, 15) is 13.5 Å². The Morgan fingerprint density at radius 3 is 2.80 bits per heavy atom. The molecule has 2 N–H and O–H groups in total. The van der Waals surface area contributed by atoms with Gasteiger partial charge in [0.05, 0.1) is 19.1 Å². The summed E-state index contributed by atoms with van der Waals surface area (Å²) in [4.78, 5) is 3.94. The standard InChI is InChI=1S/C16H19N3O4S2/c1-12(2)19-8-15(17-11-19)25(21,22)18-10-16(20,13-5-7-24-9-13)14-4-3-6-23-14/h3-9,11-12,18,20H,10H2,1-2H3. The smallest absolute Gasteiger partial charge is 0.259 e. The molecule has 0 aliphatic carbocycles. The molecule has 25 heavy (non-hydrogen) atoms. The van der Waals surface area contributed by atoms with E-state index < -0.39 is 15.6 Å². The van der Waals surface area contributed by atoms with Crippen molar-refractivity contribution in [3.05, 3.63) is 59.1 Å². The molecule has 0 spiro atoms. The Kier molecular flexibility index (Phi) is 4.83. The number of aromatic nitrogens is 2. The molecule has 0 saturated carbocycles. The van der Waals surface area contributed by atoms with Gasteiger partial charge in [-0.1, -0.05) is 0 Å². The molecular weight excluding hydrogens is 362 g/mol. The van der Waals surface area contributed by atoms with Gasteiger partial charge in [0.25, 0.3) is 10.0 Å². The second-order valence-corrected chi connectivity index (χ2v) is 8.42. The normalized spacial score (nSPS) is 14.7. The lowest BCUT2D eigenvalue weighted by Gasteiger charge is -2.25. The van der Waals surface area contributed by atoms with Crippen molar-refractivity contribution in [2.45, 2.75) is 30.5 Å². The highest BCUT2D eigenvalue weighted by atomic mass is 32.2. The Labute approximate surface area is 150 Å². The molecule has 1 unspecified atom stereocenters. The first kappa shape index (κ1) is 17.9. The summed E-state index contributed by atoms with van der Waals surface area (Å²) in [5, 5.41) is 14.6. The summed E-state index contributed by atoms with van der Waals surface area (Å²) in [7, 11) is -3.87. The van der Waals surface area contributed by atoms with E-state index >= 15 is 0 Å². The molecule has 3 aromatic rings. The quantitative estimate of drug-likeness (QED) is 0.655. The van der Waals surface area contributed by atoms with Gasteiger partial charge in [0, 0.05) is 17.8 Å². The number of nitrogens with one attached hydrogen (secondary N) is 1. The monoisotopic (exact) mass is 381 g/mol. The van der Waals surface area contributed by atoms with Crippen LogP contribution in [-0.2, 0) is 15.6 Å². The summed E-state index contributed by atoms with van der Waals surface area (Å²) >= 11 is 1.41. The molecule has 0 fully saturated rings. The van der Waals surface area contributed by atoms with Crippen LogP contribution >= 0.6 is 11.3 Å².